The van der Waals surface area contributed by atoms with Gasteiger partial charge >= 0.3 is 0 Å². The summed E-state index contributed by atoms with van der Waals surface area (Å²) in [4.78, 5) is 15.6. The third-order valence-corrected chi connectivity index (χ3v) is 1.08. The van der Waals surface area contributed by atoms with Gasteiger partial charge in [0.1, 0.15) is 0 Å². The van der Waals surface area contributed by atoms with E-state index in [0.717, 1.165) is 6.33 Å². The maximum absolute atomic E-state index is 12.1. The van der Waals surface area contributed by atoms with Crippen LogP contribution in [0.1, 0.15) is 0 Å². The lowest BCUT2D eigenvalue weighted by molar-refractivity contribution is 0.577. The summed E-state index contributed by atoms with van der Waals surface area (Å²) in [5.74, 6) is -0.944. The molecule has 0 unspecified atom stereocenters. The predicted octanol–water partition coefficient (Wildman–Crippen LogP) is 0.562. The van der Waals surface area contributed by atoms with Crippen LogP contribution in [-0.4, -0.2) is 9.97 Å². The number of aromatic nitrogens is 2. The molecule has 0 atom stereocenters. The Labute approximate surface area is 54.5 Å². The molecule has 9 heavy (non-hydrogen) atoms. The molecule has 0 fully saturated rings. The summed E-state index contributed by atoms with van der Waals surface area (Å²) in [5, 5.41) is -0.502. The summed E-state index contributed by atoms with van der Waals surface area (Å²) in [6.07, 6.45) is 0.948. The molecule has 0 saturated carbocycles. The van der Waals surface area contributed by atoms with Gasteiger partial charge in [-0.15, -0.1) is 0 Å². The normalized spacial score (nSPS) is 9.56. The van der Waals surface area contributed by atoms with E-state index < -0.39 is 16.5 Å². The SMILES string of the molecule is O=c1[nH]cnc(F)c1Cl. The van der Waals surface area contributed by atoms with E-state index in [9.17, 15) is 9.18 Å². The van der Waals surface area contributed by atoms with Gasteiger partial charge in [0.2, 0.25) is 5.95 Å². The van der Waals surface area contributed by atoms with Crippen molar-refractivity contribution in [1.82, 2.24) is 9.97 Å². The average Bonchev–Trinajstić information content (AvgIpc) is 1.83. The van der Waals surface area contributed by atoms with Crippen molar-refractivity contribution in [2.75, 3.05) is 0 Å². The van der Waals surface area contributed by atoms with E-state index >= 15 is 0 Å². The van der Waals surface area contributed by atoms with Gasteiger partial charge in [0.25, 0.3) is 5.56 Å². The van der Waals surface area contributed by atoms with Crippen molar-refractivity contribution in [2.45, 2.75) is 0 Å². The summed E-state index contributed by atoms with van der Waals surface area (Å²) in [6.45, 7) is 0. The van der Waals surface area contributed by atoms with Crippen molar-refractivity contribution < 1.29 is 4.39 Å². The molecule has 1 heterocycles. The molecule has 1 rings (SSSR count). The van der Waals surface area contributed by atoms with Crippen LogP contribution in [-0.2, 0) is 0 Å². The number of nitrogens with one attached hydrogen (secondary N) is 1. The van der Waals surface area contributed by atoms with Gasteiger partial charge in [-0.1, -0.05) is 11.6 Å². The first-order chi connectivity index (χ1) is 4.22. The third-order valence-electron chi connectivity index (χ3n) is 0.754. The minimum atomic E-state index is -0.944. The number of H-pyrrole nitrogens is 1. The average molecular weight is 149 g/mol. The predicted molar refractivity (Wildman–Crippen MR) is 29.8 cm³/mol. The van der Waals surface area contributed by atoms with Crippen LogP contribution in [0.25, 0.3) is 0 Å². The Balaban J connectivity index is 3.43. The fourth-order valence-electron chi connectivity index (χ4n) is 0.361. The van der Waals surface area contributed by atoms with Gasteiger partial charge < -0.3 is 4.98 Å². The van der Waals surface area contributed by atoms with Crippen LogP contribution in [0.2, 0.25) is 5.02 Å². The van der Waals surface area contributed by atoms with E-state index in [2.05, 4.69) is 9.97 Å². The number of hydrogen-bond donors (Lipinski definition) is 1. The van der Waals surface area contributed by atoms with Crippen LogP contribution in [0, 0.1) is 5.95 Å². The molecule has 0 aliphatic rings. The molecule has 5 heteroatoms. The van der Waals surface area contributed by atoms with Gasteiger partial charge in [-0.2, -0.15) is 4.39 Å². The molecule has 0 bridgehead atoms. The number of hydrogen-bond acceptors (Lipinski definition) is 2. The summed E-state index contributed by atoms with van der Waals surface area (Å²) in [5.41, 5.74) is -0.663. The van der Waals surface area contributed by atoms with Crippen molar-refractivity contribution >= 4 is 11.6 Å². The zero-order valence-corrected chi connectivity index (χ0v) is 4.94. The lowest BCUT2D eigenvalue weighted by atomic mass is 10.6. The lowest BCUT2D eigenvalue weighted by Gasteiger charge is -1.86. The Morgan fingerprint density at radius 1 is 1.78 bits per heavy atom. The van der Waals surface area contributed by atoms with Crippen molar-refractivity contribution in [2.24, 2.45) is 0 Å². The summed E-state index contributed by atoms with van der Waals surface area (Å²) in [6, 6.07) is 0. The van der Waals surface area contributed by atoms with Gasteiger partial charge in [0.05, 0.1) is 6.33 Å². The Morgan fingerprint density at radius 2 is 2.44 bits per heavy atom. The van der Waals surface area contributed by atoms with E-state index in [0.29, 0.717) is 0 Å². The quantitative estimate of drug-likeness (QED) is 0.547. The van der Waals surface area contributed by atoms with Crippen LogP contribution >= 0.6 is 11.6 Å². The van der Waals surface area contributed by atoms with Gasteiger partial charge in [0.15, 0.2) is 5.02 Å². The third kappa shape index (κ3) is 1.08. The topological polar surface area (TPSA) is 45.8 Å². The van der Waals surface area contributed by atoms with E-state index in [-0.39, 0.29) is 0 Å². The first-order valence-corrected chi connectivity index (χ1v) is 2.48. The monoisotopic (exact) mass is 148 g/mol. The van der Waals surface area contributed by atoms with Crippen molar-refractivity contribution in [3.63, 3.8) is 0 Å². The van der Waals surface area contributed by atoms with Crippen molar-refractivity contribution in [3.8, 4) is 0 Å². The highest BCUT2D eigenvalue weighted by atomic mass is 35.5. The Hall–Kier alpha value is -0.900. The van der Waals surface area contributed by atoms with E-state index in [1.165, 1.54) is 0 Å². The fraction of sp³-hybridized carbons (Fsp3) is 0. The van der Waals surface area contributed by atoms with Crippen LogP contribution in [0.3, 0.4) is 0 Å². The van der Waals surface area contributed by atoms with E-state index in [1.807, 2.05) is 0 Å². The second-order valence-corrected chi connectivity index (χ2v) is 1.71. The molecular formula is C4H2ClFN2O. The van der Waals surface area contributed by atoms with Gasteiger partial charge in [-0.05, 0) is 0 Å². The minimum absolute atomic E-state index is 0.502. The van der Waals surface area contributed by atoms with E-state index in [1.54, 1.807) is 0 Å². The van der Waals surface area contributed by atoms with Crippen molar-refractivity contribution in [3.05, 3.63) is 27.7 Å². The first-order valence-electron chi connectivity index (χ1n) is 2.10. The molecule has 0 saturated heterocycles. The summed E-state index contributed by atoms with van der Waals surface area (Å²) >= 11 is 5.10. The molecule has 1 aromatic heterocycles. The Bertz CT molecular complexity index is 272. The molecule has 48 valence electrons. The largest absolute Gasteiger partial charge is 0.312 e. The van der Waals surface area contributed by atoms with Gasteiger partial charge in [-0.3, -0.25) is 4.79 Å². The van der Waals surface area contributed by atoms with Crippen LogP contribution in [0.5, 0.6) is 0 Å². The number of rotatable bonds is 0. The first kappa shape index (κ1) is 6.22. The maximum atomic E-state index is 12.1. The van der Waals surface area contributed by atoms with Crippen molar-refractivity contribution in [1.29, 1.82) is 0 Å². The molecule has 1 aromatic rings. The zero-order chi connectivity index (χ0) is 6.85. The molecule has 0 radical (unpaired) electrons. The number of nitrogens with zero attached hydrogens (tertiary/aromatic N) is 1. The highest BCUT2D eigenvalue weighted by Gasteiger charge is 2.01. The Kier molecular flexibility index (Phi) is 1.48. The van der Waals surface area contributed by atoms with Crippen LogP contribution in [0.15, 0.2) is 11.1 Å². The maximum Gasteiger partial charge on any atom is 0.272 e. The summed E-state index contributed by atoms with van der Waals surface area (Å²) < 4.78 is 12.1. The van der Waals surface area contributed by atoms with E-state index in [4.69, 9.17) is 11.6 Å². The molecule has 0 aliphatic carbocycles. The van der Waals surface area contributed by atoms with Gasteiger partial charge in [-0.25, -0.2) is 4.98 Å². The fourth-order valence-corrected chi connectivity index (χ4v) is 0.465. The second-order valence-electron chi connectivity index (χ2n) is 1.34. The van der Waals surface area contributed by atoms with Gasteiger partial charge in [0, 0.05) is 0 Å². The number of aromatic amines is 1. The molecule has 0 aliphatic heterocycles. The zero-order valence-electron chi connectivity index (χ0n) is 4.19. The van der Waals surface area contributed by atoms with Crippen LogP contribution in [0.4, 0.5) is 4.39 Å². The molecule has 0 spiro atoms. The van der Waals surface area contributed by atoms with Crippen LogP contribution < -0.4 is 5.56 Å². The highest BCUT2D eigenvalue weighted by Crippen LogP contribution is 2.01. The number of halogens is 2. The minimum Gasteiger partial charge on any atom is -0.312 e. The molecule has 3 nitrogen and oxygen atoms in total. The molecule has 1 N–H and O–H groups in total. The summed E-state index contributed by atoms with van der Waals surface area (Å²) in [7, 11) is 0. The standard InChI is InChI=1S/C4H2ClFN2O/c5-2-3(6)7-1-8-4(2)9/h1H,(H,7,8,9). The molecular weight excluding hydrogens is 147 g/mol. The smallest absolute Gasteiger partial charge is 0.272 e. The highest BCUT2D eigenvalue weighted by molar-refractivity contribution is 6.30. The molecule has 0 amide bonds. The second kappa shape index (κ2) is 2.14. The molecule has 0 aromatic carbocycles. The lowest BCUT2D eigenvalue weighted by Crippen LogP contribution is -2.08. The Morgan fingerprint density at radius 3 is 2.89 bits per heavy atom.